The van der Waals surface area contributed by atoms with E-state index < -0.39 is 0 Å². The molecule has 0 heterocycles. The summed E-state index contributed by atoms with van der Waals surface area (Å²) in [4.78, 5) is 0. The van der Waals surface area contributed by atoms with Gasteiger partial charge in [0.05, 0.1) is 6.61 Å². The zero-order valence-corrected chi connectivity index (χ0v) is 13.2. The van der Waals surface area contributed by atoms with E-state index in [2.05, 4.69) is 67.6 Å². The minimum atomic E-state index is 0.0314. The van der Waals surface area contributed by atoms with E-state index in [1.54, 1.807) is 0 Å². The topological polar surface area (TPSA) is 20.2 Å². The Bertz CT molecular complexity index is 782. The molecule has 0 unspecified atom stereocenters. The van der Waals surface area contributed by atoms with Crippen molar-refractivity contribution in [2.24, 2.45) is 0 Å². The summed E-state index contributed by atoms with van der Waals surface area (Å²) in [5.74, 6) is 0. The Labute approximate surface area is 137 Å². The molecule has 0 aliphatic rings. The Balaban J connectivity index is 1.95. The molecule has 1 heteroatoms. The molecule has 0 saturated heterocycles. The molecule has 0 aromatic heterocycles. The van der Waals surface area contributed by atoms with Crippen LogP contribution in [0.1, 0.15) is 16.7 Å². The number of hydrogen-bond donors (Lipinski definition) is 1. The molecule has 3 aromatic rings. The lowest BCUT2D eigenvalue weighted by molar-refractivity contribution is 0.343. The van der Waals surface area contributed by atoms with Crippen LogP contribution in [0.5, 0.6) is 0 Å². The van der Waals surface area contributed by atoms with Gasteiger partial charge in [-0.2, -0.15) is 0 Å². The predicted octanol–water partition coefficient (Wildman–Crippen LogP) is 5.09. The standard InChI is InChI=1S/C22H20O/c1-17-7-9-20(10-8-17)22(15-16-23)21-13-11-19(12-14-21)18-5-3-2-4-6-18/h2-15,23H,16H2,1H3/b22-15-. The van der Waals surface area contributed by atoms with Gasteiger partial charge in [0.25, 0.3) is 0 Å². The Hall–Kier alpha value is -2.64. The van der Waals surface area contributed by atoms with Crippen LogP contribution in [0.2, 0.25) is 0 Å². The summed E-state index contributed by atoms with van der Waals surface area (Å²) in [5, 5.41) is 9.37. The Morgan fingerprint density at radius 1 is 0.739 bits per heavy atom. The van der Waals surface area contributed by atoms with Crippen molar-refractivity contribution in [2.45, 2.75) is 6.92 Å². The monoisotopic (exact) mass is 300 g/mol. The number of aryl methyl sites for hydroxylation is 1. The van der Waals surface area contributed by atoms with Crippen LogP contribution in [0.25, 0.3) is 16.7 Å². The van der Waals surface area contributed by atoms with Crippen LogP contribution < -0.4 is 0 Å². The summed E-state index contributed by atoms with van der Waals surface area (Å²) in [6.45, 7) is 2.11. The summed E-state index contributed by atoms with van der Waals surface area (Å²) < 4.78 is 0. The van der Waals surface area contributed by atoms with Crippen LogP contribution in [0.4, 0.5) is 0 Å². The van der Waals surface area contributed by atoms with E-state index in [-0.39, 0.29) is 6.61 Å². The Morgan fingerprint density at radius 3 is 1.83 bits per heavy atom. The fraction of sp³-hybridized carbons (Fsp3) is 0.0909. The van der Waals surface area contributed by atoms with Gasteiger partial charge in [-0.3, -0.25) is 0 Å². The predicted molar refractivity (Wildman–Crippen MR) is 97.2 cm³/mol. The molecule has 0 aliphatic heterocycles. The largest absolute Gasteiger partial charge is 0.392 e. The fourth-order valence-corrected chi connectivity index (χ4v) is 2.70. The second kappa shape index (κ2) is 7.08. The number of aliphatic hydroxyl groups excluding tert-OH is 1. The van der Waals surface area contributed by atoms with Crippen LogP contribution in [0, 0.1) is 6.92 Å². The molecule has 1 N–H and O–H groups in total. The lowest BCUT2D eigenvalue weighted by Gasteiger charge is -2.10. The molecule has 0 spiro atoms. The second-order valence-corrected chi connectivity index (χ2v) is 5.61. The van der Waals surface area contributed by atoms with Crippen molar-refractivity contribution in [3.05, 3.63) is 102 Å². The van der Waals surface area contributed by atoms with Crippen molar-refractivity contribution in [1.29, 1.82) is 0 Å². The summed E-state index contributed by atoms with van der Waals surface area (Å²) in [6, 6.07) is 27.2. The summed E-state index contributed by atoms with van der Waals surface area (Å²) in [7, 11) is 0. The van der Waals surface area contributed by atoms with Gasteiger partial charge in [-0.15, -0.1) is 0 Å². The van der Waals surface area contributed by atoms with Crippen LogP contribution in [-0.4, -0.2) is 11.7 Å². The third kappa shape index (κ3) is 3.58. The molecule has 23 heavy (non-hydrogen) atoms. The van der Waals surface area contributed by atoms with Crippen molar-refractivity contribution in [3.63, 3.8) is 0 Å². The van der Waals surface area contributed by atoms with Gasteiger partial charge in [0.1, 0.15) is 0 Å². The maximum Gasteiger partial charge on any atom is 0.0621 e. The maximum absolute atomic E-state index is 9.37. The van der Waals surface area contributed by atoms with Crippen LogP contribution >= 0.6 is 0 Å². The molecule has 3 aromatic carbocycles. The highest BCUT2D eigenvalue weighted by Gasteiger charge is 2.05. The third-order valence-corrected chi connectivity index (χ3v) is 3.96. The van der Waals surface area contributed by atoms with Crippen LogP contribution in [0.3, 0.4) is 0 Å². The van der Waals surface area contributed by atoms with Gasteiger partial charge >= 0.3 is 0 Å². The zero-order chi connectivity index (χ0) is 16.1. The number of rotatable bonds is 4. The summed E-state index contributed by atoms with van der Waals surface area (Å²) in [6.07, 6.45) is 1.86. The highest BCUT2D eigenvalue weighted by atomic mass is 16.2. The summed E-state index contributed by atoms with van der Waals surface area (Å²) in [5.41, 5.74) is 6.94. The molecule has 0 saturated carbocycles. The van der Waals surface area contributed by atoms with Gasteiger partial charge in [-0.05, 0) is 34.8 Å². The van der Waals surface area contributed by atoms with Gasteiger partial charge in [0, 0.05) is 0 Å². The molecule has 0 fully saturated rings. The first-order valence-electron chi connectivity index (χ1n) is 7.82. The molecule has 114 valence electrons. The van der Waals surface area contributed by atoms with Crippen molar-refractivity contribution in [2.75, 3.05) is 6.61 Å². The highest BCUT2D eigenvalue weighted by molar-refractivity contribution is 5.81. The Kier molecular flexibility index (Phi) is 4.70. The zero-order valence-electron chi connectivity index (χ0n) is 13.2. The van der Waals surface area contributed by atoms with Crippen molar-refractivity contribution in [1.82, 2.24) is 0 Å². The van der Waals surface area contributed by atoms with E-state index in [0.29, 0.717) is 0 Å². The number of aliphatic hydroxyl groups is 1. The second-order valence-electron chi connectivity index (χ2n) is 5.61. The van der Waals surface area contributed by atoms with Gasteiger partial charge in [-0.25, -0.2) is 0 Å². The van der Waals surface area contributed by atoms with Crippen LogP contribution in [-0.2, 0) is 0 Å². The first-order valence-corrected chi connectivity index (χ1v) is 7.82. The normalized spacial score (nSPS) is 11.5. The molecule has 3 rings (SSSR count). The van der Waals surface area contributed by atoms with Gasteiger partial charge in [0.15, 0.2) is 0 Å². The molecular formula is C22H20O. The first-order chi connectivity index (χ1) is 11.3. The van der Waals surface area contributed by atoms with Gasteiger partial charge in [-0.1, -0.05) is 90.5 Å². The first kappa shape index (κ1) is 15.3. The van der Waals surface area contributed by atoms with E-state index >= 15 is 0 Å². The van der Waals surface area contributed by atoms with Crippen molar-refractivity contribution in [3.8, 4) is 11.1 Å². The van der Waals surface area contributed by atoms with E-state index in [1.807, 2.05) is 24.3 Å². The minimum absolute atomic E-state index is 0.0314. The van der Waals surface area contributed by atoms with Gasteiger partial charge in [0.2, 0.25) is 0 Å². The number of benzene rings is 3. The molecular weight excluding hydrogens is 280 g/mol. The van der Waals surface area contributed by atoms with Crippen molar-refractivity contribution < 1.29 is 5.11 Å². The minimum Gasteiger partial charge on any atom is -0.392 e. The van der Waals surface area contributed by atoms with E-state index in [0.717, 1.165) is 16.7 Å². The third-order valence-electron chi connectivity index (χ3n) is 3.96. The molecule has 0 aliphatic carbocycles. The maximum atomic E-state index is 9.37. The number of hydrogen-bond acceptors (Lipinski definition) is 1. The van der Waals surface area contributed by atoms with E-state index in [4.69, 9.17) is 0 Å². The summed E-state index contributed by atoms with van der Waals surface area (Å²) >= 11 is 0. The quantitative estimate of drug-likeness (QED) is 0.712. The molecule has 1 nitrogen and oxygen atoms in total. The van der Waals surface area contributed by atoms with Crippen LogP contribution in [0.15, 0.2) is 84.9 Å². The average molecular weight is 300 g/mol. The Morgan fingerprint density at radius 2 is 1.26 bits per heavy atom. The molecule has 0 atom stereocenters. The smallest absolute Gasteiger partial charge is 0.0621 e. The molecule has 0 bridgehead atoms. The lowest BCUT2D eigenvalue weighted by Crippen LogP contribution is -1.91. The van der Waals surface area contributed by atoms with E-state index in [9.17, 15) is 5.11 Å². The fourth-order valence-electron chi connectivity index (χ4n) is 2.70. The van der Waals surface area contributed by atoms with Gasteiger partial charge < -0.3 is 5.11 Å². The molecule has 0 radical (unpaired) electrons. The highest BCUT2D eigenvalue weighted by Crippen LogP contribution is 2.26. The lowest BCUT2D eigenvalue weighted by atomic mass is 9.95. The average Bonchev–Trinajstić information content (AvgIpc) is 2.62. The van der Waals surface area contributed by atoms with Crippen molar-refractivity contribution >= 4 is 5.57 Å². The van der Waals surface area contributed by atoms with E-state index in [1.165, 1.54) is 16.7 Å². The SMILES string of the molecule is Cc1ccc(/C(=C/CO)c2ccc(-c3ccccc3)cc2)cc1. The molecule has 0 amide bonds.